The van der Waals surface area contributed by atoms with E-state index in [2.05, 4.69) is 45.1 Å². The lowest BCUT2D eigenvalue weighted by atomic mass is 10.1. The molecule has 0 aliphatic carbocycles. The number of aryl methyl sites for hydroxylation is 1. The molecule has 0 aromatic carbocycles. The first-order chi connectivity index (χ1) is 7.59. The largest absolute Gasteiger partial charge is 0.314 e. The number of halogens is 2. The monoisotopic (exact) mass is 322 g/mol. The van der Waals surface area contributed by atoms with Gasteiger partial charge in [-0.3, -0.25) is 9.58 Å². The molecular formula is C11H20BrClN4. The minimum atomic E-state index is 0. The maximum atomic E-state index is 4.26. The Kier molecular flexibility index (Phi) is 5.44. The van der Waals surface area contributed by atoms with E-state index in [0.717, 1.165) is 24.1 Å². The second-order valence-electron chi connectivity index (χ2n) is 4.59. The van der Waals surface area contributed by atoms with Crippen LogP contribution in [0.1, 0.15) is 19.5 Å². The highest BCUT2D eigenvalue weighted by Crippen LogP contribution is 2.20. The highest BCUT2D eigenvalue weighted by molar-refractivity contribution is 9.10. The van der Waals surface area contributed by atoms with Crippen LogP contribution in [0, 0.1) is 0 Å². The van der Waals surface area contributed by atoms with Crippen molar-refractivity contribution >= 4 is 28.3 Å². The Morgan fingerprint density at radius 1 is 1.41 bits per heavy atom. The summed E-state index contributed by atoms with van der Waals surface area (Å²) in [5.74, 6) is 0. The van der Waals surface area contributed by atoms with E-state index >= 15 is 0 Å². The number of hydrogen-bond acceptors (Lipinski definition) is 3. The van der Waals surface area contributed by atoms with E-state index in [9.17, 15) is 0 Å². The Balaban J connectivity index is 0.00000144. The highest BCUT2D eigenvalue weighted by atomic mass is 79.9. The van der Waals surface area contributed by atoms with E-state index in [1.165, 1.54) is 5.69 Å². The van der Waals surface area contributed by atoms with Crippen molar-refractivity contribution in [3.63, 3.8) is 0 Å². The number of aromatic nitrogens is 2. The minimum absolute atomic E-state index is 0. The van der Waals surface area contributed by atoms with Crippen LogP contribution in [-0.4, -0.2) is 39.9 Å². The van der Waals surface area contributed by atoms with Gasteiger partial charge in [-0.25, -0.2) is 0 Å². The molecule has 2 rings (SSSR count). The molecule has 0 unspecified atom stereocenters. The molecule has 0 saturated carbocycles. The molecular weight excluding hydrogens is 304 g/mol. The minimum Gasteiger partial charge on any atom is -0.314 e. The first-order valence-electron chi connectivity index (χ1n) is 5.72. The number of rotatable bonds is 2. The van der Waals surface area contributed by atoms with E-state index in [1.54, 1.807) is 0 Å². The number of nitrogens with zero attached hydrogens (tertiary/aromatic N) is 3. The van der Waals surface area contributed by atoms with E-state index in [0.29, 0.717) is 12.1 Å². The summed E-state index contributed by atoms with van der Waals surface area (Å²) in [5, 5.41) is 7.71. The number of nitrogens with one attached hydrogen (secondary N) is 1. The van der Waals surface area contributed by atoms with Crippen LogP contribution in [0.5, 0.6) is 0 Å². The molecule has 0 bridgehead atoms. The summed E-state index contributed by atoms with van der Waals surface area (Å²) in [6.45, 7) is 7.64. The average molecular weight is 324 g/mol. The summed E-state index contributed by atoms with van der Waals surface area (Å²) in [4.78, 5) is 2.53. The van der Waals surface area contributed by atoms with Crippen LogP contribution in [0.2, 0.25) is 0 Å². The molecule has 17 heavy (non-hydrogen) atoms. The molecule has 1 aromatic heterocycles. The maximum Gasteiger partial charge on any atom is 0.0663 e. The number of hydrogen-bond donors (Lipinski definition) is 1. The standard InChI is InChI=1S/C11H19BrN4.ClH/c1-8-4-13-5-9(2)16(8)7-11-10(12)6-14-15(11)3;/h6,8-9,13H,4-5,7H2,1-3H3;1H/t8-,9+;. The second-order valence-corrected chi connectivity index (χ2v) is 5.45. The van der Waals surface area contributed by atoms with Gasteiger partial charge in [0.2, 0.25) is 0 Å². The SMILES string of the molecule is C[C@@H]1CNC[C@H](C)N1Cc1c(Br)cnn1C.Cl. The zero-order valence-corrected chi connectivity index (χ0v) is 12.9. The average Bonchev–Trinajstić information content (AvgIpc) is 2.54. The maximum absolute atomic E-state index is 4.26. The molecule has 1 aromatic rings. The predicted octanol–water partition coefficient (Wildman–Crippen LogP) is 1.79. The lowest BCUT2D eigenvalue weighted by molar-refractivity contribution is 0.105. The Bertz CT molecular complexity index is 339. The molecule has 0 spiro atoms. The molecule has 98 valence electrons. The number of piperazine rings is 1. The normalized spacial score (nSPS) is 25.6. The van der Waals surface area contributed by atoms with Crippen molar-refractivity contribution in [2.24, 2.45) is 7.05 Å². The Morgan fingerprint density at radius 3 is 2.47 bits per heavy atom. The second kappa shape index (κ2) is 6.18. The Morgan fingerprint density at radius 2 is 2.00 bits per heavy atom. The molecule has 1 aliphatic heterocycles. The highest BCUT2D eigenvalue weighted by Gasteiger charge is 2.25. The molecule has 1 N–H and O–H groups in total. The third-order valence-electron chi connectivity index (χ3n) is 3.35. The Hall–Kier alpha value is -0.100. The van der Waals surface area contributed by atoms with Gasteiger partial charge >= 0.3 is 0 Å². The summed E-state index contributed by atoms with van der Waals surface area (Å²) in [6.07, 6.45) is 1.87. The molecule has 0 radical (unpaired) electrons. The van der Waals surface area contributed by atoms with E-state index in [1.807, 2.05) is 17.9 Å². The van der Waals surface area contributed by atoms with Gasteiger partial charge in [0.1, 0.15) is 0 Å². The molecule has 2 atom stereocenters. The molecule has 2 heterocycles. The first-order valence-corrected chi connectivity index (χ1v) is 6.51. The van der Waals surface area contributed by atoms with Gasteiger partial charge in [-0.15, -0.1) is 12.4 Å². The lowest BCUT2D eigenvalue weighted by Gasteiger charge is -2.39. The molecule has 0 amide bonds. The van der Waals surface area contributed by atoms with Gasteiger partial charge in [-0.05, 0) is 29.8 Å². The van der Waals surface area contributed by atoms with Crippen LogP contribution >= 0.6 is 28.3 Å². The Labute approximate surface area is 117 Å². The van der Waals surface area contributed by atoms with E-state index in [-0.39, 0.29) is 12.4 Å². The van der Waals surface area contributed by atoms with Gasteiger partial charge in [-0.2, -0.15) is 5.10 Å². The van der Waals surface area contributed by atoms with Gasteiger partial charge < -0.3 is 5.32 Å². The van der Waals surface area contributed by atoms with E-state index in [4.69, 9.17) is 0 Å². The van der Waals surface area contributed by atoms with Crippen LogP contribution in [0.4, 0.5) is 0 Å². The van der Waals surface area contributed by atoms with Crippen molar-refractivity contribution in [3.05, 3.63) is 16.4 Å². The fraction of sp³-hybridized carbons (Fsp3) is 0.727. The molecule has 1 saturated heterocycles. The summed E-state index contributed by atoms with van der Waals surface area (Å²) < 4.78 is 3.05. The summed E-state index contributed by atoms with van der Waals surface area (Å²) in [7, 11) is 2.00. The topological polar surface area (TPSA) is 33.1 Å². The third-order valence-corrected chi connectivity index (χ3v) is 4.02. The van der Waals surface area contributed by atoms with Crippen molar-refractivity contribution in [1.82, 2.24) is 20.0 Å². The lowest BCUT2D eigenvalue weighted by Crippen LogP contribution is -2.54. The van der Waals surface area contributed by atoms with Gasteiger partial charge in [-0.1, -0.05) is 0 Å². The van der Waals surface area contributed by atoms with Gasteiger partial charge in [0.05, 0.1) is 16.4 Å². The van der Waals surface area contributed by atoms with E-state index < -0.39 is 0 Å². The third kappa shape index (κ3) is 3.22. The smallest absolute Gasteiger partial charge is 0.0663 e. The van der Waals surface area contributed by atoms with Crippen LogP contribution in [0.3, 0.4) is 0 Å². The first kappa shape index (κ1) is 15.0. The fourth-order valence-electron chi connectivity index (χ4n) is 2.27. The van der Waals surface area contributed by atoms with Gasteiger partial charge in [0, 0.05) is 38.8 Å². The van der Waals surface area contributed by atoms with Crippen LogP contribution in [0.15, 0.2) is 10.7 Å². The van der Waals surface area contributed by atoms with Crippen molar-refractivity contribution in [2.75, 3.05) is 13.1 Å². The summed E-state index contributed by atoms with van der Waals surface area (Å²) in [6, 6.07) is 1.15. The van der Waals surface area contributed by atoms with Gasteiger partial charge in [0.25, 0.3) is 0 Å². The zero-order valence-electron chi connectivity index (χ0n) is 10.5. The predicted molar refractivity (Wildman–Crippen MR) is 75.5 cm³/mol. The summed E-state index contributed by atoms with van der Waals surface area (Å²) in [5.41, 5.74) is 1.25. The van der Waals surface area contributed by atoms with Crippen molar-refractivity contribution in [3.8, 4) is 0 Å². The van der Waals surface area contributed by atoms with Crippen LogP contribution in [0.25, 0.3) is 0 Å². The van der Waals surface area contributed by atoms with Gasteiger partial charge in [0.15, 0.2) is 0 Å². The quantitative estimate of drug-likeness (QED) is 0.901. The fourth-order valence-corrected chi connectivity index (χ4v) is 2.74. The zero-order chi connectivity index (χ0) is 11.7. The van der Waals surface area contributed by atoms with Crippen molar-refractivity contribution in [1.29, 1.82) is 0 Å². The van der Waals surface area contributed by atoms with Crippen molar-refractivity contribution in [2.45, 2.75) is 32.5 Å². The van der Waals surface area contributed by atoms with Crippen molar-refractivity contribution < 1.29 is 0 Å². The summed E-state index contributed by atoms with van der Waals surface area (Å²) >= 11 is 3.56. The van der Waals surface area contributed by atoms with Crippen LogP contribution in [-0.2, 0) is 13.6 Å². The molecule has 1 aliphatic rings. The van der Waals surface area contributed by atoms with Crippen LogP contribution < -0.4 is 5.32 Å². The molecule has 6 heteroatoms. The molecule has 1 fully saturated rings. The molecule has 4 nitrogen and oxygen atoms in total.